The second kappa shape index (κ2) is 9.62. The monoisotopic (exact) mass is 431 g/mol. The minimum absolute atomic E-state index is 0.120. The van der Waals surface area contributed by atoms with E-state index in [9.17, 15) is 13.2 Å². The molecule has 0 radical (unpaired) electrons. The molecule has 0 unspecified atom stereocenters. The van der Waals surface area contributed by atoms with Crippen LogP contribution < -0.4 is 10.1 Å². The van der Waals surface area contributed by atoms with Gasteiger partial charge in [0.05, 0.1) is 11.5 Å². The Labute approximate surface area is 173 Å². The zero-order chi connectivity index (χ0) is 20.7. The van der Waals surface area contributed by atoms with Gasteiger partial charge in [0, 0.05) is 6.42 Å². The number of para-hydroxylation sites is 1. The number of hydrogen-bond donors (Lipinski definition) is 1. The molecule has 3 rings (SSSR count). The first kappa shape index (κ1) is 20.9. The summed E-state index contributed by atoms with van der Waals surface area (Å²) in [6, 6.07) is 15.9. The van der Waals surface area contributed by atoms with Crippen LogP contribution >= 0.6 is 11.3 Å². The molecule has 0 saturated carbocycles. The first-order chi connectivity index (χ1) is 13.9. The Kier molecular flexibility index (Phi) is 6.95. The van der Waals surface area contributed by atoms with Crippen LogP contribution in [0.25, 0.3) is 0 Å². The summed E-state index contributed by atoms with van der Waals surface area (Å²) in [4.78, 5) is 12.2. The van der Waals surface area contributed by atoms with Gasteiger partial charge in [-0.05, 0) is 37.6 Å². The van der Waals surface area contributed by atoms with E-state index in [1.807, 2.05) is 37.3 Å². The molecule has 1 aromatic heterocycles. The van der Waals surface area contributed by atoms with Gasteiger partial charge in [0.2, 0.25) is 11.0 Å². The number of aromatic nitrogens is 2. The normalized spacial score (nSPS) is 11.2. The van der Waals surface area contributed by atoms with Crippen LogP contribution in [0.5, 0.6) is 5.75 Å². The summed E-state index contributed by atoms with van der Waals surface area (Å²) >= 11 is 1.23. The van der Waals surface area contributed by atoms with Crippen molar-refractivity contribution in [2.75, 3.05) is 17.7 Å². The predicted molar refractivity (Wildman–Crippen MR) is 112 cm³/mol. The number of carbonyl (C=O) groups is 1. The van der Waals surface area contributed by atoms with Crippen LogP contribution in [0, 0.1) is 6.92 Å². The average molecular weight is 432 g/mol. The molecular formula is C20H21N3O4S2. The predicted octanol–water partition coefficient (Wildman–Crippen LogP) is 3.27. The Hall–Kier alpha value is -2.78. The number of benzene rings is 2. The van der Waals surface area contributed by atoms with Crippen molar-refractivity contribution in [1.82, 2.24) is 10.2 Å². The molecule has 0 saturated heterocycles. The van der Waals surface area contributed by atoms with Crippen molar-refractivity contribution in [3.8, 4) is 5.75 Å². The van der Waals surface area contributed by atoms with Crippen LogP contribution in [0.2, 0.25) is 0 Å². The standard InChI is InChI=1S/C20H21N3O4S2/c1-15-9-11-17(12-10-15)29(25,26)14-18(24)21-20-23-22-19(28-20)8-5-13-27-16-6-3-2-4-7-16/h2-4,6-7,9-12H,5,8,13-14H2,1H3,(H,21,23,24). The first-order valence-electron chi connectivity index (χ1n) is 9.02. The van der Waals surface area contributed by atoms with E-state index in [1.165, 1.54) is 23.5 Å². The number of sulfone groups is 1. The lowest BCUT2D eigenvalue weighted by molar-refractivity contribution is -0.113. The van der Waals surface area contributed by atoms with Gasteiger partial charge in [0.15, 0.2) is 9.84 Å². The summed E-state index contributed by atoms with van der Waals surface area (Å²) in [5.41, 5.74) is 0.948. The third-order valence-corrected chi connectivity index (χ3v) is 6.49. The summed E-state index contributed by atoms with van der Waals surface area (Å²) in [7, 11) is -3.71. The van der Waals surface area contributed by atoms with Crippen molar-refractivity contribution in [3.63, 3.8) is 0 Å². The number of nitrogens with one attached hydrogen (secondary N) is 1. The van der Waals surface area contributed by atoms with Gasteiger partial charge in [0.1, 0.15) is 16.5 Å². The number of anilines is 1. The zero-order valence-corrected chi connectivity index (χ0v) is 17.5. The molecule has 0 atom stereocenters. The van der Waals surface area contributed by atoms with E-state index in [4.69, 9.17) is 4.74 Å². The summed E-state index contributed by atoms with van der Waals surface area (Å²) < 4.78 is 30.3. The molecule has 1 N–H and O–H groups in total. The fourth-order valence-corrected chi connectivity index (χ4v) is 4.42. The van der Waals surface area contributed by atoms with E-state index < -0.39 is 21.5 Å². The summed E-state index contributed by atoms with van der Waals surface area (Å²) in [5.74, 6) is -0.469. The molecule has 0 bridgehead atoms. The number of hydrogen-bond acceptors (Lipinski definition) is 7. The van der Waals surface area contributed by atoms with E-state index in [0.717, 1.165) is 22.7 Å². The maximum Gasteiger partial charge on any atom is 0.241 e. The van der Waals surface area contributed by atoms with Crippen LogP contribution in [0.3, 0.4) is 0 Å². The molecule has 0 aliphatic heterocycles. The van der Waals surface area contributed by atoms with E-state index in [-0.39, 0.29) is 10.0 Å². The fourth-order valence-electron chi connectivity index (χ4n) is 2.49. The minimum Gasteiger partial charge on any atom is -0.494 e. The molecule has 7 nitrogen and oxygen atoms in total. The molecule has 1 amide bonds. The SMILES string of the molecule is Cc1ccc(S(=O)(=O)CC(=O)Nc2nnc(CCCOc3ccccc3)s2)cc1. The molecule has 3 aromatic rings. The Morgan fingerprint density at radius 2 is 1.79 bits per heavy atom. The zero-order valence-electron chi connectivity index (χ0n) is 15.9. The van der Waals surface area contributed by atoms with Crippen molar-refractivity contribution in [3.05, 3.63) is 65.2 Å². The van der Waals surface area contributed by atoms with Crippen LogP contribution in [0.4, 0.5) is 5.13 Å². The Bertz CT molecular complexity index is 1050. The third kappa shape index (κ3) is 6.37. The smallest absolute Gasteiger partial charge is 0.241 e. The lowest BCUT2D eigenvalue weighted by Crippen LogP contribution is -2.23. The summed E-state index contributed by atoms with van der Waals surface area (Å²) in [6.07, 6.45) is 1.40. The van der Waals surface area contributed by atoms with Gasteiger partial charge in [-0.15, -0.1) is 10.2 Å². The highest BCUT2D eigenvalue weighted by Crippen LogP contribution is 2.18. The van der Waals surface area contributed by atoms with Crippen molar-refractivity contribution in [2.45, 2.75) is 24.7 Å². The Balaban J connectivity index is 1.46. The lowest BCUT2D eigenvalue weighted by atomic mass is 10.2. The molecule has 29 heavy (non-hydrogen) atoms. The molecule has 9 heteroatoms. The number of carbonyl (C=O) groups excluding carboxylic acids is 1. The molecule has 0 spiro atoms. The number of nitrogens with zero attached hydrogens (tertiary/aromatic N) is 2. The van der Waals surface area contributed by atoms with Crippen molar-refractivity contribution < 1.29 is 17.9 Å². The highest BCUT2D eigenvalue weighted by Gasteiger charge is 2.20. The maximum absolute atomic E-state index is 12.3. The molecular weight excluding hydrogens is 410 g/mol. The minimum atomic E-state index is -3.71. The second-order valence-corrected chi connectivity index (χ2v) is 9.44. The molecule has 0 aliphatic carbocycles. The van der Waals surface area contributed by atoms with Crippen LogP contribution in [-0.4, -0.2) is 36.9 Å². The topological polar surface area (TPSA) is 98.2 Å². The average Bonchev–Trinajstić information content (AvgIpc) is 3.13. The van der Waals surface area contributed by atoms with E-state index in [1.54, 1.807) is 12.1 Å². The van der Waals surface area contributed by atoms with Gasteiger partial charge in [-0.2, -0.15) is 0 Å². The van der Waals surface area contributed by atoms with Crippen molar-refractivity contribution in [1.29, 1.82) is 0 Å². The molecule has 0 fully saturated rings. The first-order valence-corrected chi connectivity index (χ1v) is 11.5. The molecule has 152 valence electrons. The van der Waals surface area contributed by atoms with Gasteiger partial charge in [-0.3, -0.25) is 10.1 Å². The van der Waals surface area contributed by atoms with Crippen LogP contribution in [-0.2, 0) is 21.1 Å². The van der Waals surface area contributed by atoms with Gasteiger partial charge in [-0.1, -0.05) is 47.2 Å². The van der Waals surface area contributed by atoms with Gasteiger partial charge < -0.3 is 4.74 Å². The van der Waals surface area contributed by atoms with Gasteiger partial charge in [0.25, 0.3) is 0 Å². The van der Waals surface area contributed by atoms with Crippen LogP contribution in [0.1, 0.15) is 17.0 Å². The third-order valence-electron chi connectivity index (χ3n) is 3.96. The molecule has 1 heterocycles. The molecule has 0 aliphatic rings. The number of aryl methyl sites for hydroxylation is 2. The quantitative estimate of drug-likeness (QED) is 0.522. The molecule has 2 aromatic carbocycles. The van der Waals surface area contributed by atoms with Crippen molar-refractivity contribution >= 4 is 32.2 Å². The van der Waals surface area contributed by atoms with E-state index in [0.29, 0.717) is 13.0 Å². The summed E-state index contributed by atoms with van der Waals surface area (Å²) in [6.45, 7) is 2.41. The largest absolute Gasteiger partial charge is 0.494 e. The van der Waals surface area contributed by atoms with E-state index in [2.05, 4.69) is 15.5 Å². The lowest BCUT2D eigenvalue weighted by Gasteiger charge is -2.05. The second-order valence-electron chi connectivity index (χ2n) is 6.39. The summed E-state index contributed by atoms with van der Waals surface area (Å²) in [5, 5.41) is 11.5. The number of rotatable bonds is 9. The Morgan fingerprint density at radius 3 is 2.52 bits per heavy atom. The fraction of sp³-hybridized carbons (Fsp3) is 0.250. The van der Waals surface area contributed by atoms with Gasteiger partial charge >= 0.3 is 0 Å². The van der Waals surface area contributed by atoms with Gasteiger partial charge in [-0.25, -0.2) is 8.42 Å². The highest BCUT2D eigenvalue weighted by atomic mass is 32.2. The highest BCUT2D eigenvalue weighted by molar-refractivity contribution is 7.92. The Morgan fingerprint density at radius 1 is 1.07 bits per heavy atom. The van der Waals surface area contributed by atoms with Crippen molar-refractivity contribution in [2.24, 2.45) is 0 Å². The maximum atomic E-state index is 12.3. The number of amides is 1. The van der Waals surface area contributed by atoms with E-state index >= 15 is 0 Å². The van der Waals surface area contributed by atoms with Crippen LogP contribution in [0.15, 0.2) is 59.5 Å². The number of ether oxygens (including phenoxy) is 1.